The van der Waals surface area contributed by atoms with Gasteiger partial charge in [0.25, 0.3) is 0 Å². The topological polar surface area (TPSA) is 26.0 Å². The standard InChI is InChI=1S/C12H16FN/c1-11(2,13)9-4-3-5-10(8-9)12(14)6-7-12/h3-5,8H,6-7,14H2,1-2H3. The molecule has 0 atom stereocenters. The van der Waals surface area contributed by atoms with Gasteiger partial charge in [-0.3, -0.25) is 0 Å². The van der Waals surface area contributed by atoms with Gasteiger partial charge in [0.1, 0.15) is 5.67 Å². The van der Waals surface area contributed by atoms with Crippen LogP contribution in [-0.4, -0.2) is 0 Å². The third-order valence-electron chi connectivity index (χ3n) is 2.91. The van der Waals surface area contributed by atoms with E-state index in [1.165, 1.54) is 0 Å². The van der Waals surface area contributed by atoms with Crippen molar-refractivity contribution in [1.82, 2.24) is 0 Å². The monoisotopic (exact) mass is 193 g/mol. The first-order valence-electron chi connectivity index (χ1n) is 5.01. The molecule has 0 amide bonds. The molecular weight excluding hydrogens is 177 g/mol. The Morgan fingerprint density at radius 3 is 2.50 bits per heavy atom. The first-order chi connectivity index (χ1) is 6.42. The smallest absolute Gasteiger partial charge is 0.130 e. The summed E-state index contributed by atoms with van der Waals surface area (Å²) in [4.78, 5) is 0. The van der Waals surface area contributed by atoms with Gasteiger partial charge in [-0.15, -0.1) is 0 Å². The van der Waals surface area contributed by atoms with E-state index in [1.54, 1.807) is 13.8 Å². The van der Waals surface area contributed by atoms with Crippen molar-refractivity contribution < 1.29 is 4.39 Å². The molecule has 2 N–H and O–H groups in total. The SMILES string of the molecule is CC(C)(F)c1cccc(C2(N)CC2)c1. The van der Waals surface area contributed by atoms with Crippen LogP contribution in [0.25, 0.3) is 0 Å². The van der Waals surface area contributed by atoms with Crippen molar-refractivity contribution in [3.8, 4) is 0 Å². The summed E-state index contributed by atoms with van der Waals surface area (Å²) < 4.78 is 13.7. The van der Waals surface area contributed by atoms with E-state index in [-0.39, 0.29) is 5.54 Å². The highest BCUT2D eigenvalue weighted by atomic mass is 19.1. The zero-order chi connectivity index (χ0) is 10.4. The minimum absolute atomic E-state index is 0.165. The summed E-state index contributed by atoms with van der Waals surface area (Å²) in [6.07, 6.45) is 2.03. The predicted molar refractivity (Wildman–Crippen MR) is 55.7 cm³/mol. The summed E-state index contributed by atoms with van der Waals surface area (Å²) in [5.74, 6) is 0. The maximum atomic E-state index is 13.7. The Morgan fingerprint density at radius 1 is 1.36 bits per heavy atom. The third-order valence-corrected chi connectivity index (χ3v) is 2.91. The van der Waals surface area contributed by atoms with E-state index >= 15 is 0 Å². The van der Waals surface area contributed by atoms with E-state index in [4.69, 9.17) is 5.73 Å². The van der Waals surface area contributed by atoms with Crippen molar-refractivity contribution in [2.45, 2.75) is 37.9 Å². The van der Waals surface area contributed by atoms with Gasteiger partial charge in [-0.05, 0) is 37.8 Å². The summed E-state index contributed by atoms with van der Waals surface area (Å²) in [6.45, 7) is 3.14. The molecule has 0 bridgehead atoms. The first kappa shape index (κ1) is 9.66. The lowest BCUT2D eigenvalue weighted by Crippen LogP contribution is -2.20. The molecule has 0 unspecified atom stereocenters. The summed E-state index contributed by atoms with van der Waals surface area (Å²) in [7, 11) is 0. The van der Waals surface area contributed by atoms with Crippen LogP contribution in [0.1, 0.15) is 37.8 Å². The van der Waals surface area contributed by atoms with Crippen molar-refractivity contribution >= 4 is 0 Å². The van der Waals surface area contributed by atoms with Crippen LogP contribution in [0.4, 0.5) is 4.39 Å². The number of hydrogen-bond acceptors (Lipinski definition) is 1. The third kappa shape index (κ3) is 1.67. The van der Waals surface area contributed by atoms with Gasteiger partial charge >= 0.3 is 0 Å². The van der Waals surface area contributed by atoms with E-state index in [0.717, 1.165) is 18.4 Å². The van der Waals surface area contributed by atoms with Crippen LogP contribution in [-0.2, 0) is 11.2 Å². The van der Waals surface area contributed by atoms with Gasteiger partial charge in [-0.1, -0.05) is 24.3 Å². The molecule has 76 valence electrons. The van der Waals surface area contributed by atoms with Gasteiger partial charge in [0.15, 0.2) is 0 Å². The highest BCUT2D eigenvalue weighted by molar-refractivity contribution is 5.35. The summed E-state index contributed by atoms with van der Waals surface area (Å²) in [5.41, 5.74) is 6.40. The zero-order valence-electron chi connectivity index (χ0n) is 8.68. The summed E-state index contributed by atoms with van der Waals surface area (Å²) in [6, 6.07) is 7.59. The molecule has 1 saturated carbocycles. The van der Waals surface area contributed by atoms with Gasteiger partial charge in [0.2, 0.25) is 0 Å². The number of benzene rings is 1. The second kappa shape index (κ2) is 2.80. The lowest BCUT2D eigenvalue weighted by molar-refractivity contribution is 0.221. The average Bonchev–Trinajstić information content (AvgIpc) is 2.84. The number of halogens is 1. The van der Waals surface area contributed by atoms with Crippen LogP contribution in [0, 0.1) is 0 Å². The van der Waals surface area contributed by atoms with Gasteiger partial charge in [-0.25, -0.2) is 4.39 Å². The number of hydrogen-bond donors (Lipinski definition) is 1. The van der Waals surface area contributed by atoms with E-state index in [2.05, 4.69) is 0 Å². The van der Waals surface area contributed by atoms with Gasteiger partial charge < -0.3 is 5.73 Å². The molecule has 1 aliphatic carbocycles. The molecule has 0 aromatic heterocycles. The molecule has 0 heterocycles. The maximum absolute atomic E-state index is 13.7. The van der Waals surface area contributed by atoms with Crippen molar-refractivity contribution in [3.63, 3.8) is 0 Å². The molecule has 1 fully saturated rings. The average molecular weight is 193 g/mol. The van der Waals surface area contributed by atoms with E-state index in [0.29, 0.717) is 5.56 Å². The summed E-state index contributed by atoms with van der Waals surface area (Å²) in [5, 5.41) is 0. The molecule has 2 rings (SSSR count). The second-order valence-corrected chi connectivity index (χ2v) is 4.71. The van der Waals surface area contributed by atoms with E-state index in [9.17, 15) is 4.39 Å². The second-order valence-electron chi connectivity index (χ2n) is 4.71. The Balaban J connectivity index is 2.37. The van der Waals surface area contributed by atoms with Crippen LogP contribution in [0.5, 0.6) is 0 Å². The fourth-order valence-electron chi connectivity index (χ4n) is 1.62. The summed E-state index contributed by atoms with van der Waals surface area (Å²) >= 11 is 0. The van der Waals surface area contributed by atoms with Crippen molar-refractivity contribution in [2.75, 3.05) is 0 Å². The van der Waals surface area contributed by atoms with Crippen LogP contribution in [0.3, 0.4) is 0 Å². The fourth-order valence-corrected chi connectivity index (χ4v) is 1.62. The largest absolute Gasteiger partial charge is 0.321 e. The zero-order valence-corrected chi connectivity index (χ0v) is 8.68. The van der Waals surface area contributed by atoms with Gasteiger partial charge in [0.05, 0.1) is 0 Å². The highest BCUT2D eigenvalue weighted by Gasteiger charge is 2.40. The molecule has 1 aliphatic rings. The fraction of sp³-hybridized carbons (Fsp3) is 0.500. The maximum Gasteiger partial charge on any atom is 0.130 e. The van der Waals surface area contributed by atoms with E-state index < -0.39 is 5.67 Å². The molecule has 0 saturated heterocycles. The Labute approximate surface area is 84.1 Å². The Bertz CT molecular complexity index is 327. The Hall–Kier alpha value is -0.890. The van der Waals surface area contributed by atoms with Crippen LogP contribution < -0.4 is 5.73 Å². The minimum Gasteiger partial charge on any atom is -0.321 e. The molecule has 0 radical (unpaired) electrons. The lowest BCUT2D eigenvalue weighted by Gasteiger charge is -2.17. The molecule has 1 aromatic rings. The lowest BCUT2D eigenvalue weighted by atomic mass is 9.95. The number of rotatable bonds is 2. The molecule has 0 spiro atoms. The molecule has 14 heavy (non-hydrogen) atoms. The minimum atomic E-state index is -1.28. The molecule has 2 heteroatoms. The number of nitrogens with two attached hydrogens (primary N) is 1. The van der Waals surface area contributed by atoms with E-state index in [1.807, 2.05) is 24.3 Å². The van der Waals surface area contributed by atoms with Crippen molar-refractivity contribution in [1.29, 1.82) is 0 Å². The Kier molecular flexibility index (Phi) is 1.93. The van der Waals surface area contributed by atoms with Crippen molar-refractivity contribution in [3.05, 3.63) is 35.4 Å². The molecule has 1 aromatic carbocycles. The first-order valence-corrected chi connectivity index (χ1v) is 5.01. The molecule has 1 nitrogen and oxygen atoms in total. The molecule has 0 aliphatic heterocycles. The van der Waals surface area contributed by atoms with Gasteiger partial charge in [0, 0.05) is 5.54 Å². The molecular formula is C12H16FN. The van der Waals surface area contributed by atoms with Crippen molar-refractivity contribution in [2.24, 2.45) is 5.73 Å². The van der Waals surface area contributed by atoms with Crippen LogP contribution in [0.15, 0.2) is 24.3 Å². The highest BCUT2D eigenvalue weighted by Crippen LogP contribution is 2.43. The van der Waals surface area contributed by atoms with Crippen LogP contribution >= 0.6 is 0 Å². The Morgan fingerprint density at radius 2 is 2.00 bits per heavy atom. The number of alkyl halides is 1. The predicted octanol–water partition coefficient (Wildman–Crippen LogP) is 2.84. The van der Waals surface area contributed by atoms with Crippen LogP contribution in [0.2, 0.25) is 0 Å². The van der Waals surface area contributed by atoms with Gasteiger partial charge in [-0.2, -0.15) is 0 Å². The normalized spacial score (nSPS) is 19.4. The quantitative estimate of drug-likeness (QED) is 0.768.